The lowest BCUT2D eigenvalue weighted by Gasteiger charge is -2.12. The summed E-state index contributed by atoms with van der Waals surface area (Å²) in [5, 5.41) is 18.5. The molecule has 31 heavy (non-hydrogen) atoms. The predicted octanol–water partition coefficient (Wildman–Crippen LogP) is 3.51. The van der Waals surface area contributed by atoms with Crippen molar-refractivity contribution in [2.45, 2.75) is 19.9 Å². The van der Waals surface area contributed by atoms with Crippen molar-refractivity contribution in [3.8, 4) is 28.3 Å². The first-order chi connectivity index (χ1) is 15.0. The van der Waals surface area contributed by atoms with Crippen LogP contribution in [0.5, 0.6) is 0 Å². The third-order valence-electron chi connectivity index (χ3n) is 4.95. The summed E-state index contributed by atoms with van der Waals surface area (Å²) in [6, 6.07) is 12.8. The van der Waals surface area contributed by atoms with Gasteiger partial charge in [-0.1, -0.05) is 18.2 Å². The van der Waals surface area contributed by atoms with Crippen molar-refractivity contribution in [3.63, 3.8) is 0 Å². The van der Waals surface area contributed by atoms with Gasteiger partial charge in [0.2, 0.25) is 0 Å². The van der Waals surface area contributed by atoms with E-state index >= 15 is 0 Å². The Morgan fingerprint density at radius 1 is 1.19 bits per heavy atom. The van der Waals surface area contributed by atoms with Gasteiger partial charge in [0.1, 0.15) is 10.5 Å². The highest BCUT2D eigenvalue weighted by atomic mass is 32.1. The Morgan fingerprint density at radius 3 is 2.71 bits per heavy atom. The zero-order valence-electron chi connectivity index (χ0n) is 16.3. The first-order valence-corrected chi connectivity index (χ1v) is 10.1. The van der Waals surface area contributed by atoms with Crippen LogP contribution in [0.25, 0.3) is 26.3 Å². The lowest BCUT2D eigenvalue weighted by molar-refractivity contribution is 0.605. The van der Waals surface area contributed by atoms with Gasteiger partial charge in [-0.3, -0.25) is 14.3 Å². The van der Waals surface area contributed by atoms with Gasteiger partial charge in [0, 0.05) is 22.5 Å². The molecule has 0 aliphatic rings. The second-order valence-electron chi connectivity index (χ2n) is 6.73. The van der Waals surface area contributed by atoms with Gasteiger partial charge in [0.15, 0.2) is 0 Å². The lowest BCUT2D eigenvalue weighted by Crippen LogP contribution is -2.39. The van der Waals surface area contributed by atoms with Crippen LogP contribution in [-0.2, 0) is 6.54 Å². The fourth-order valence-corrected chi connectivity index (χ4v) is 4.51. The van der Waals surface area contributed by atoms with Crippen LogP contribution in [0.15, 0.2) is 52.3 Å². The number of benzene rings is 1. The number of aryl methyl sites for hydroxylation is 1. The third-order valence-corrected chi connectivity index (χ3v) is 6.10. The van der Waals surface area contributed by atoms with E-state index in [-0.39, 0.29) is 28.9 Å². The van der Waals surface area contributed by atoms with E-state index in [1.165, 1.54) is 17.7 Å². The molecule has 0 N–H and O–H groups in total. The number of thiophene rings is 1. The Labute approximate surface area is 179 Å². The molecule has 0 saturated carbocycles. The van der Waals surface area contributed by atoms with Crippen molar-refractivity contribution in [1.29, 1.82) is 10.5 Å². The standard InChI is InChI=1S/C22H14FN5O2S/c1-13-16(23)11-26-12-18(13)28-21(29)20-17(27(22(28)30)8-4-7-24)9-19(31-20)15-6-3-2-5-14(15)10-25/h2-3,5-6,9,11-12H,4,8H2,1H3. The van der Waals surface area contributed by atoms with E-state index in [2.05, 4.69) is 11.1 Å². The summed E-state index contributed by atoms with van der Waals surface area (Å²) in [7, 11) is 0. The second kappa shape index (κ2) is 7.98. The Morgan fingerprint density at radius 2 is 1.97 bits per heavy atom. The first-order valence-electron chi connectivity index (χ1n) is 9.24. The molecule has 4 rings (SSSR count). The van der Waals surface area contributed by atoms with Crippen LogP contribution in [0.1, 0.15) is 17.5 Å². The molecule has 0 amide bonds. The number of fused-ring (bicyclic) bond motifs is 1. The van der Waals surface area contributed by atoms with E-state index in [4.69, 9.17) is 5.26 Å². The highest BCUT2D eigenvalue weighted by Crippen LogP contribution is 2.33. The van der Waals surface area contributed by atoms with Crippen LogP contribution in [0.3, 0.4) is 0 Å². The number of hydrogen-bond donors (Lipinski definition) is 0. The van der Waals surface area contributed by atoms with Gasteiger partial charge in [-0.25, -0.2) is 13.8 Å². The maximum Gasteiger partial charge on any atom is 0.336 e. The van der Waals surface area contributed by atoms with Crippen LogP contribution < -0.4 is 11.2 Å². The van der Waals surface area contributed by atoms with Gasteiger partial charge in [0.05, 0.1) is 47.7 Å². The summed E-state index contributed by atoms with van der Waals surface area (Å²) in [5.74, 6) is -0.637. The molecule has 9 heteroatoms. The van der Waals surface area contributed by atoms with Crippen LogP contribution in [0, 0.1) is 35.4 Å². The molecular weight excluding hydrogens is 417 g/mol. The van der Waals surface area contributed by atoms with E-state index in [0.717, 1.165) is 22.1 Å². The van der Waals surface area contributed by atoms with Gasteiger partial charge in [-0.15, -0.1) is 11.3 Å². The average Bonchev–Trinajstić information content (AvgIpc) is 3.22. The van der Waals surface area contributed by atoms with Crippen molar-refractivity contribution in [2.24, 2.45) is 0 Å². The molecule has 1 aromatic carbocycles. The number of nitriles is 2. The minimum absolute atomic E-state index is 0.0492. The van der Waals surface area contributed by atoms with E-state index in [9.17, 15) is 19.2 Å². The van der Waals surface area contributed by atoms with Crippen LogP contribution in [0.2, 0.25) is 0 Å². The zero-order valence-corrected chi connectivity index (χ0v) is 17.1. The van der Waals surface area contributed by atoms with Crippen LogP contribution in [0.4, 0.5) is 4.39 Å². The fourth-order valence-electron chi connectivity index (χ4n) is 3.38. The summed E-state index contributed by atoms with van der Waals surface area (Å²) in [6.07, 6.45) is 2.33. The largest absolute Gasteiger partial charge is 0.336 e. The quantitative estimate of drug-likeness (QED) is 0.492. The molecule has 0 atom stereocenters. The molecule has 0 saturated heterocycles. The minimum atomic E-state index is -0.679. The first kappa shape index (κ1) is 20.2. The number of pyridine rings is 1. The Bertz CT molecular complexity index is 1540. The number of hydrogen-bond acceptors (Lipinski definition) is 6. The number of rotatable bonds is 4. The van der Waals surface area contributed by atoms with Crippen LogP contribution >= 0.6 is 11.3 Å². The molecule has 0 aliphatic heterocycles. The van der Waals surface area contributed by atoms with Gasteiger partial charge >= 0.3 is 5.69 Å². The van der Waals surface area contributed by atoms with E-state index in [1.54, 1.807) is 30.3 Å². The second-order valence-corrected chi connectivity index (χ2v) is 7.78. The van der Waals surface area contributed by atoms with Crippen molar-refractivity contribution in [1.82, 2.24) is 14.1 Å². The molecule has 4 aromatic rings. The molecule has 3 aromatic heterocycles. The fraction of sp³-hybridized carbons (Fsp3) is 0.136. The van der Waals surface area contributed by atoms with Gasteiger partial charge in [-0.2, -0.15) is 10.5 Å². The topological polar surface area (TPSA) is 104 Å². The highest BCUT2D eigenvalue weighted by Gasteiger charge is 2.20. The summed E-state index contributed by atoms with van der Waals surface area (Å²) in [6.45, 7) is 1.52. The Kier molecular flexibility index (Phi) is 5.20. The predicted molar refractivity (Wildman–Crippen MR) is 115 cm³/mol. The number of aromatic nitrogens is 3. The number of nitrogens with zero attached hydrogens (tertiary/aromatic N) is 5. The van der Waals surface area contributed by atoms with E-state index < -0.39 is 17.1 Å². The maximum atomic E-state index is 14.1. The summed E-state index contributed by atoms with van der Waals surface area (Å²) >= 11 is 1.14. The Balaban J connectivity index is 2.10. The molecule has 7 nitrogen and oxygen atoms in total. The molecule has 0 spiro atoms. The minimum Gasteiger partial charge on any atom is -0.291 e. The summed E-state index contributed by atoms with van der Waals surface area (Å²) in [4.78, 5) is 31.0. The highest BCUT2D eigenvalue weighted by molar-refractivity contribution is 7.22. The van der Waals surface area contributed by atoms with Crippen molar-refractivity contribution >= 4 is 21.6 Å². The van der Waals surface area contributed by atoms with Crippen molar-refractivity contribution in [3.05, 3.63) is 80.5 Å². The zero-order chi connectivity index (χ0) is 22.1. The SMILES string of the molecule is Cc1c(F)cncc1-n1c(=O)c2sc(-c3ccccc3C#N)cc2n(CCC#N)c1=O. The summed E-state index contributed by atoms with van der Waals surface area (Å²) in [5.41, 5.74) is 0.333. The van der Waals surface area contributed by atoms with E-state index in [0.29, 0.717) is 21.5 Å². The van der Waals surface area contributed by atoms with Gasteiger partial charge in [-0.05, 0) is 19.1 Å². The molecule has 0 aliphatic carbocycles. The van der Waals surface area contributed by atoms with Gasteiger partial charge < -0.3 is 0 Å². The molecule has 3 heterocycles. The monoisotopic (exact) mass is 431 g/mol. The number of halogens is 1. The Hall–Kier alpha value is -4.08. The molecule has 0 bridgehead atoms. The average molecular weight is 431 g/mol. The van der Waals surface area contributed by atoms with Crippen LogP contribution in [-0.4, -0.2) is 14.1 Å². The molecule has 152 valence electrons. The van der Waals surface area contributed by atoms with Gasteiger partial charge in [0.25, 0.3) is 5.56 Å². The molecule has 0 unspecified atom stereocenters. The molecule has 0 fully saturated rings. The summed E-state index contributed by atoms with van der Waals surface area (Å²) < 4.78 is 16.6. The molecule has 0 radical (unpaired) electrons. The lowest BCUT2D eigenvalue weighted by atomic mass is 10.1. The van der Waals surface area contributed by atoms with Crippen molar-refractivity contribution < 1.29 is 4.39 Å². The smallest absolute Gasteiger partial charge is 0.291 e. The van der Waals surface area contributed by atoms with Crippen molar-refractivity contribution in [2.75, 3.05) is 0 Å². The third kappa shape index (κ3) is 3.31. The van der Waals surface area contributed by atoms with E-state index in [1.807, 2.05) is 6.07 Å². The maximum absolute atomic E-state index is 14.1. The normalized spacial score (nSPS) is 10.7. The molecular formula is C22H14FN5O2S.